The largest absolute Gasteiger partial charge is 0.508 e. The van der Waals surface area contributed by atoms with Crippen LogP contribution in [0.2, 0.25) is 0 Å². The number of rotatable bonds is 4. The number of aromatic nitrogens is 2. The summed E-state index contributed by atoms with van der Waals surface area (Å²) < 4.78 is 2.47. The monoisotopic (exact) mass is 433 g/mol. The Labute approximate surface area is 183 Å². The molecule has 0 unspecified atom stereocenters. The van der Waals surface area contributed by atoms with Crippen LogP contribution in [0.4, 0.5) is 0 Å². The number of nitrogens with two attached hydrogens (primary N) is 1. The molecule has 1 aromatic heterocycles. The molecule has 3 aromatic carbocycles. The molecule has 0 fully saturated rings. The average molecular weight is 433 g/mol. The predicted octanol–water partition coefficient (Wildman–Crippen LogP) is 2.30. The molecule has 1 heterocycles. The second-order valence-corrected chi connectivity index (χ2v) is 7.13. The summed E-state index contributed by atoms with van der Waals surface area (Å²) in [7, 11) is 1.56. The number of aryl methyl sites for hydroxylation is 1. The van der Waals surface area contributed by atoms with Crippen molar-refractivity contribution in [1.29, 1.82) is 0 Å². The summed E-state index contributed by atoms with van der Waals surface area (Å²) in [6.45, 7) is 0.667. The van der Waals surface area contributed by atoms with Gasteiger partial charge in [-0.25, -0.2) is 9.59 Å². The van der Waals surface area contributed by atoms with Gasteiger partial charge < -0.3 is 15.9 Å². The zero-order valence-electron chi connectivity index (χ0n) is 17.4. The molecule has 0 aliphatic carbocycles. The first-order valence-electron chi connectivity index (χ1n) is 9.80. The highest BCUT2D eigenvalue weighted by Crippen LogP contribution is 2.11. The Balaban J connectivity index is 0.000000269. The molecule has 0 aliphatic heterocycles. The standard InChI is InChI=1S/C17H14N2O4.C7H9NO/c1-18-14-8-7-12(16(21)22)9-13(14)15(20)19(17(18)23)10-11-5-3-2-4-6-11;8-5-6-1-3-7(9)4-2-6/h2-9H,10H2,1H3,(H,21,22);1-4,9H,5,8H2. The maximum Gasteiger partial charge on any atom is 0.335 e. The Morgan fingerprint density at radius 1 is 0.938 bits per heavy atom. The number of benzene rings is 3. The fourth-order valence-electron chi connectivity index (χ4n) is 3.19. The Morgan fingerprint density at radius 2 is 1.59 bits per heavy atom. The number of aromatic hydroxyl groups is 1. The van der Waals surface area contributed by atoms with E-state index in [1.807, 2.05) is 30.3 Å². The molecule has 164 valence electrons. The highest BCUT2D eigenvalue weighted by Gasteiger charge is 2.13. The summed E-state index contributed by atoms with van der Waals surface area (Å²) >= 11 is 0. The second kappa shape index (κ2) is 9.76. The Bertz CT molecular complexity index is 1360. The minimum Gasteiger partial charge on any atom is -0.508 e. The molecule has 0 saturated heterocycles. The lowest BCUT2D eigenvalue weighted by Crippen LogP contribution is -2.39. The van der Waals surface area contributed by atoms with Crippen LogP contribution in [0.1, 0.15) is 21.5 Å². The van der Waals surface area contributed by atoms with Crippen LogP contribution in [0.15, 0.2) is 82.4 Å². The van der Waals surface area contributed by atoms with Gasteiger partial charge in [0.2, 0.25) is 0 Å². The van der Waals surface area contributed by atoms with Gasteiger partial charge in [0.1, 0.15) is 5.75 Å². The summed E-state index contributed by atoms with van der Waals surface area (Å²) in [5, 5.41) is 18.1. The molecule has 8 nitrogen and oxygen atoms in total. The van der Waals surface area contributed by atoms with Gasteiger partial charge in [-0.15, -0.1) is 0 Å². The molecule has 0 saturated carbocycles. The van der Waals surface area contributed by atoms with Crippen LogP contribution in [0.3, 0.4) is 0 Å². The van der Waals surface area contributed by atoms with Crippen LogP contribution >= 0.6 is 0 Å². The average Bonchev–Trinajstić information content (AvgIpc) is 2.81. The summed E-state index contributed by atoms with van der Waals surface area (Å²) in [5.41, 5.74) is 6.67. The van der Waals surface area contributed by atoms with E-state index in [9.17, 15) is 14.4 Å². The Morgan fingerprint density at radius 3 is 2.19 bits per heavy atom. The number of nitrogens with zero attached hydrogens (tertiary/aromatic N) is 2. The normalized spacial score (nSPS) is 10.4. The van der Waals surface area contributed by atoms with E-state index in [1.165, 1.54) is 22.8 Å². The number of phenols is 1. The number of fused-ring (bicyclic) bond motifs is 1. The molecule has 0 bridgehead atoms. The fraction of sp³-hybridized carbons (Fsp3) is 0.125. The van der Waals surface area contributed by atoms with Crippen LogP contribution < -0.4 is 17.0 Å². The zero-order valence-corrected chi connectivity index (χ0v) is 17.4. The van der Waals surface area contributed by atoms with Gasteiger partial charge in [0, 0.05) is 13.6 Å². The van der Waals surface area contributed by atoms with Crippen LogP contribution in [0.5, 0.6) is 5.75 Å². The molecular weight excluding hydrogens is 410 g/mol. The van der Waals surface area contributed by atoms with Crippen molar-refractivity contribution >= 4 is 16.9 Å². The van der Waals surface area contributed by atoms with Gasteiger partial charge in [-0.2, -0.15) is 0 Å². The Hall–Kier alpha value is -4.17. The van der Waals surface area contributed by atoms with Crippen LogP contribution in [0.25, 0.3) is 10.9 Å². The van der Waals surface area contributed by atoms with Gasteiger partial charge in [-0.05, 0) is 41.5 Å². The van der Waals surface area contributed by atoms with Crippen molar-refractivity contribution in [2.45, 2.75) is 13.1 Å². The predicted molar refractivity (Wildman–Crippen MR) is 122 cm³/mol. The van der Waals surface area contributed by atoms with E-state index in [0.717, 1.165) is 15.7 Å². The molecule has 0 radical (unpaired) electrons. The summed E-state index contributed by atoms with van der Waals surface area (Å²) in [4.78, 5) is 36.2. The second-order valence-electron chi connectivity index (χ2n) is 7.13. The maximum atomic E-state index is 12.6. The van der Waals surface area contributed by atoms with Gasteiger partial charge in [0.25, 0.3) is 5.56 Å². The molecule has 32 heavy (non-hydrogen) atoms. The molecule has 0 aliphatic rings. The minimum absolute atomic E-state index is 0.0134. The van der Waals surface area contributed by atoms with Crippen molar-refractivity contribution in [3.8, 4) is 5.75 Å². The first-order valence-corrected chi connectivity index (χ1v) is 9.80. The van der Waals surface area contributed by atoms with E-state index < -0.39 is 17.2 Å². The third kappa shape index (κ3) is 4.93. The topological polar surface area (TPSA) is 128 Å². The Kier molecular flexibility index (Phi) is 6.87. The number of hydrogen-bond donors (Lipinski definition) is 3. The van der Waals surface area contributed by atoms with Crippen molar-refractivity contribution < 1.29 is 15.0 Å². The van der Waals surface area contributed by atoms with Gasteiger partial charge in [0.15, 0.2) is 0 Å². The summed E-state index contributed by atoms with van der Waals surface area (Å²) in [5.74, 6) is -0.832. The fourth-order valence-corrected chi connectivity index (χ4v) is 3.19. The SMILES string of the molecule is Cn1c(=O)n(Cc2ccccc2)c(=O)c2cc(C(=O)O)ccc21.NCc1ccc(O)cc1. The number of hydrogen-bond acceptors (Lipinski definition) is 5. The lowest BCUT2D eigenvalue weighted by atomic mass is 10.1. The van der Waals surface area contributed by atoms with Crippen molar-refractivity contribution in [2.75, 3.05) is 0 Å². The summed E-state index contributed by atoms with van der Waals surface area (Å²) in [6, 6.07) is 20.2. The lowest BCUT2D eigenvalue weighted by molar-refractivity contribution is 0.0697. The number of carboxylic acids is 1. The van der Waals surface area contributed by atoms with E-state index in [2.05, 4.69) is 0 Å². The van der Waals surface area contributed by atoms with Gasteiger partial charge in [0.05, 0.1) is 23.0 Å². The molecular formula is C24H23N3O5. The van der Waals surface area contributed by atoms with E-state index in [0.29, 0.717) is 12.1 Å². The quantitative estimate of drug-likeness (QED) is 0.453. The zero-order chi connectivity index (χ0) is 23.3. The summed E-state index contributed by atoms with van der Waals surface area (Å²) in [6.07, 6.45) is 0. The molecule has 0 atom stereocenters. The number of carbonyl (C=O) groups is 1. The number of aromatic carboxylic acids is 1. The maximum absolute atomic E-state index is 12.6. The van der Waals surface area contributed by atoms with E-state index in [4.69, 9.17) is 15.9 Å². The third-order valence-electron chi connectivity index (χ3n) is 4.95. The first kappa shape index (κ1) is 22.5. The van der Waals surface area contributed by atoms with Gasteiger partial charge in [-0.3, -0.25) is 13.9 Å². The van der Waals surface area contributed by atoms with Crippen molar-refractivity contribution in [2.24, 2.45) is 12.8 Å². The smallest absolute Gasteiger partial charge is 0.335 e. The van der Waals surface area contributed by atoms with Crippen molar-refractivity contribution in [3.63, 3.8) is 0 Å². The van der Waals surface area contributed by atoms with E-state index in [1.54, 1.807) is 31.3 Å². The van der Waals surface area contributed by atoms with E-state index in [-0.39, 0.29) is 23.2 Å². The van der Waals surface area contributed by atoms with E-state index >= 15 is 0 Å². The molecule has 4 N–H and O–H groups in total. The van der Waals surface area contributed by atoms with Crippen molar-refractivity contribution in [1.82, 2.24) is 9.13 Å². The molecule has 0 spiro atoms. The number of phenolic OH excluding ortho intramolecular Hbond substituents is 1. The molecule has 0 amide bonds. The highest BCUT2D eigenvalue weighted by molar-refractivity contribution is 5.93. The molecule has 8 heteroatoms. The minimum atomic E-state index is -1.12. The third-order valence-corrected chi connectivity index (χ3v) is 4.95. The van der Waals surface area contributed by atoms with Gasteiger partial charge in [-0.1, -0.05) is 42.5 Å². The molecule has 4 rings (SSSR count). The first-order chi connectivity index (χ1) is 15.3. The lowest BCUT2D eigenvalue weighted by Gasteiger charge is -2.11. The number of carboxylic acid groups (broad SMARTS) is 1. The van der Waals surface area contributed by atoms with Crippen LogP contribution in [0, 0.1) is 0 Å². The highest BCUT2D eigenvalue weighted by atomic mass is 16.4. The van der Waals surface area contributed by atoms with Crippen LogP contribution in [-0.4, -0.2) is 25.3 Å². The van der Waals surface area contributed by atoms with Gasteiger partial charge >= 0.3 is 11.7 Å². The van der Waals surface area contributed by atoms with Crippen LogP contribution in [-0.2, 0) is 20.1 Å². The van der Waals surface area contributed by atoms with Crippen molar-refractivity contribution in [3.05, 3.63) is 110 Å². The molecule has 4 aromatic rings.